The number of halogens is 2. The van der Waals surface area contributed by atoms with E-state index in [0.717, 1.165) is 18.6 Å². The van der Waals surface area contributed by atoms with Crippen molar-refractivity contribution < 1.29 is 8.78 Å². The third-order valence-electron chi connectivity index (χ3n) is 1.72. The minimum atomic E-state index is -0.922. The van der Waals surface area contributed by atoms with Crippen LogP contribution in [0.5, 0.6) is 0 Å². The quantitative estimate of drug-likeness (QED) is 0.588. The molecule has 76 valence electrons. The Balaban J connectivity index is 2.92. The lowest BCUT2D eigenvalue weighted by atomic mass is 10.1. The van der Waals surface area contributed by atoms with Crippen LogP contribution in [0.25, 0.3) is 6.08 Å². The summed E-state index contributed by atoms with van der Waals surface area (Å²) in [5.74, 6) is -1.10. The highest BCUT2D eigenvalue weighted by atomic mass is 32.1. The second-order valence-corrected chi connectivity index (χ2v) is 3.26. The van der Waals surface area contributed by atoms with Gasteiger partial charge in [0.2, 0.25) is 0 Å². The molecule has 4 heteroatoms. The van der Waals surface area contributed by atoms with Crippen molar-refractivity contribution in [2.45, 2.75) is 6.42 Å². The number of anilines is 1. The van der Waals surface area contributed by atoms with Crippen molar-refractivity contribution in [3.63, 3.8) is 0 Å². The first-order valence-electron chi connectivity index (χ1n) is 4.17. The molecule has 0 atom stereocenters. The molecule has 1 aromatic rings. The van der Waals surface area contributed by atoms with Gasteiger partial charge in [0.05, 0.1) is 0 Å². The normalized spacial score (nSPS) is 11.1. The zero-order valence-corrected chi connectivity index (χ0v) is 8.40. The predicted octanol–water partition coefficient (Wildman–Crippen LogP) is 2.88. The maximum Gasteiger partial charge on any atom is 0.160 e. The van der Waals surface area contributed by atoms with Gasteiger partial charge in [-0.15, -0.1) is 0 Å². The average Bonchev–Trinajstić information content (AvgIpc) is 2.14. The van der Waals surface area contributed by atoms with Gasteiger partial charge in [-0.05, 0) is 18.2 Å². The van der Waals surface area contributed by atoms with Crippen LogP contribution in [0.4, 0.5) is 14.5 Å². The van der Waals surface area contributed by atoms with Crippen LogP contribution in [0.1, 0.15) is 12.0 Å². The maximum absolute atomic E-state index is 12.8. The third-order valence-corrected chi connectivity index (χ3v) is 1.98. The zero-order chi connectivity index (χ0) is 10.6. The van der Waals surface area contributed by atoms with E-state index in [4.69, 9.17) is 5.73 Å². The van der Waals surface area contributed by atoms with Gasteiger partial charge in [0.25, 0.3) is 0 Å². The summed E-state index contributed by atoms with van der Waals surface area (Å²) < 4.78 is 25.4. The average molecular weight is 215 g/mol. The van der Waals surface area contributed by atoms with Gasteiger partial charge in [-0.3, -0.25) is 0 Å². The van der Waals surface area contributed by atoms with Crippen molar-refractivity contribution in [3.8, 4) is 0 Å². The van der Waals surface area contributed by atoms with Gasteiger partial charge in [-0.25, -0.2) is 8.78 Å². The van der Waals surface area contributed by atoms with Gasteiger partial charge >= 0.3 is 0 Å². The molecule has 0 aliphatic heterocycles. The van der Waals surface area contributed by atoms with E-state index in [1.807, 2.05) is 6.08 Å². The first kappa shape index (κ1) is 11.0. The van der Waals surface area contributed by atoms with Crippen molar-refractivity contribution in [1.29, 1.82) is 0 Å². The number of hydrogen-bond acceptors (Lipinski definition) is 2. The lowest BCUT2D eigenvalue weighted by molar-refractivity contribution is 0.509. The molecule has 1 rings (SSSR count). The molecule has 0 saturated heterocycles. The molecule has 0 unspecified atom stereocenters. The first-order valence-corrected chi connectivity index (χ1v) is 4.80. The molecule has 0 aromatic heterocycles. The minimum absolute atomic E-state index is 0.235. The summed E-state index contributed by atoms with van der Waals surface area (Å²) in [7, 11) is 0. The predicted molar refractivity (Wildman–Crippen MR) is 58.3 cm³/mol. The molecule has 0 bridgehead atoms. The molecular formula is C10H11F2NS. The highest BCUT2D eigenvalue weighted by molar-refractivity contribution is 7.80. The first-order chi connectivity index (χ1) is 6.65. The summed E-state index contributed by atoms with van der Waals surface area (Å²) in [6.45, 7) is 0. The summed E-state index contributed by atoms with van der Waals surface area (Å²) >= 11 is 4.01. The zero-order valence-electron chi connectivity index (χ0n) is 7.50. The number of thiol groups is 1. The Bertz CT molecular complexity index is 350. The van der Waals surface area contributed by atoms with Crippen LogP contribution in [-0.2, 0) is 0 Å². The molecule has 0 fully saturated rings. The number of nitrogen functional groups attached to an aromatic ring is 1. The Labute approximate surface area is 87.0 Å². The molecule has 0 spiro atoms. The van der Waals surface area contributed by atoms with Crippen LogP contribution >= 0.6 is 12.6 Å². The van der Waals surface area contributed by atoms with Gasteiger partial charge in [0.15, 0.2) is 11.6 Å². The Kier molecular flexibility index (Phi) is 3.95. The highest BCUT2D eigenvalue weighted by Crippen LogP contribution is 2.18. The molecule has 0 amide bonds. The van der Waals surface area contributed by atoms with Crippen LogP contribution in [-0.4, -0.2) is 5.75 Å². The molecular weight excluding hydrogens is 204 g/mol. The monoisotopic (exact) mass is 215 g/mol. The van der Waals surface area contributed by atoms with Gasteiger partial charge in [0.1, 0.15) is 0 Å². The lowest BCUT2D eigenvalue weighted by Crippen LogP contribution is -1.93. The molecule has 1 aromatic carbocycles. The van der Waals surface area contributed by atoms with Crippen molar-refractivity contribution in [3.05, 3.63) is 35.4 Å². The number of allylic oxidation sites excluding steroid dienone is 1. The van der Waals surface area contributed by atoms with Crippen LogP contribution in [0.3, 0.4) is 0 Å². The van der Waals surface area contributed by atoms with E-state index in [9.17, 15) is 8.78 Å². The Morgan fingerprint density at radius 1 is 1.29 bits per heavy atom. The Morgan fingerprint density at radius 3 is 2.57 bits per heavy atom. The van der Waals surface area contributed by atoms with Gasteiger partial charge < -0.3 is 5.73 Å². The molecule has 0 aliphatic carbocycles. The van der Waals surface area contributed by atoms with Crippen LogP contribution in [0, 0.1) is 11.6 Å². The second kappa shape index (κ2) is 5.00. The SMILES string of the molecule is Nc1cc(F)c(F)cc1C=CCCS. The van der Waals surface area contributed by atoms with E-state index in [-0.39, 0.29) is 5.69 Å². The number of rotatable bonds is 3. The molecule has 0 saturated carbocycles. The molecule has 14 heavy (non-hydrogen) atoms. The van der Waals surface area contributed by atoms with Gasteiger partial charge in [0, 0.05) is 17.3 Å². The van der Waals surface area contributed by atoms with Crippen LogP contribution in [0.2, 0.25) is 0 Å². The fourth-order valence-electron chi connectivity index (χ4n) is 1.01. The largest absolute Gasteiger partial charge is 0.398 e. The molecule has 0 heterocycles. The summed E-state index contributed by atoms with van der Waals surface area (Å²) in [5, 5.41) is 0. The van der Waals surface area contributed by atoms with Crippen LogP contribution < -0.4 is 5.73 Å². The number of nitrogens with two attached hydrogens (primary N) is 1. The summed E-state index contributed by atoms with van der Waals surface area (Å²) in [6, 6.07) is 2.06. The smallest absolute Gasteiger partial charge is 0.160 e. The Morgan fingerprint density at radius 2 is 1.93 bits per heavy atom. The second-order valence-electron chi connectivity index (χ2n) is 2.81. The number of benzene rings is 1. The fraction of sp³-hybridized carbons (Fsp3) is 0.200. The van der Waals surface area contributed by atoms with E-state index in [0.29, 0.717) is 11.3 Å². The summed E-state index contributed by atoms with van der Waals surface area (Å²) in [6.07, 6.45) is 4.24. The lowest BCUT2D eigenvalue weighted by Gasteiger charge is -2.01. The highest BCUT2D eigenvalue weighted by Gasteiger charge is 2.04. The Hall–Kier alpha value is -1.03. The molecule has 0 aliphatic rings. The van der Waals surface area contributed by atoms with Crippen molar-refractivity contribution in [2.75, 3.05) is 11.5 Å². The van der Waals surface area contributed by atoms with E-state index < -0.39 is 11.6 Å². The third kappa shape index (κ3) is 2.73. The van der Waals surface area contributed by atoms with Crippen LogP contribution in [0.15, 0.2) is 18.2 Å². The van der Waals surface area contributed by atoms with E-state index in [1.54, 1.807) is 6.08 Å². The van der Waals surface area contributed by atoms with Crippen molar-refractivity contribution in [2.24, 2.45) is 0 Å². The van der Waals surface area contributed by atoms with Crippen molar-refractivity contribution >= 4 is 24.4 Å². The van der Waals surface area contributed by atoms with Gasteiger partial charge in [-0.1, -0.05) is 12.2 Å². The van der Waals surface area contributed by atoms with E-state index in [1.165, 1.54) is 0 Å². The fourth-order valence-corrected chi connectivity index (χ4v) is 1.16. The summed E-state index contributed by atoms with van der Waals surface area (Å²) in [4.78, 5) is 0. The molecule has 2 N–H and O–H groups in total. The topological polar surface area (TPSA) is 26.0 Å². The maximum atomic E-state index is 12.8. The summed E-state index contributed by atoms with van der Waals surface area (Å²) in [5.41, 5.74) is 6.22. The molecule has 1 nitrogen and oxygen atoms in total. The van der Waals surface area contributed by atoms with E-state index >= 15 is 0 Å². The number of hydrogen-bond donors (Lipinski definition) is 2. The van der Waals surface area contributed by atoms with E-state index in [2.05, 4.69) is 12.6 Å². The van der Waals surface area contributed by atoms with Gasteiger partial charge in [-0.2, -0.15) is 12.6 Å². The molecule has 0 radical (unpaired) electrons. The van der Waals surface area contributed by atoms with Crippen molar-refractivity contribution in [1.82, 2.24) is 0 Å². The minimum Gasteiger partial charge on any atom is -0.398 e. The standard InChI is InChI=1S/C10H11F2NS/c11-8-5-7(3-1-2-4-14)10(13)6-9(8)12/h1,3,5-6,14H,2,4,13H2.